The molecule has 0 unspecified atom stereocenters. The molecule has 5 heteroatoms. The molecular weight excluding hydrogens is 266 g/mol. The third-order valence-corrected chi connectivity index (χ3v) is 4.11. The summed E-state index contributed by atoms with van der Waals surface area (Å²) in [6.45, 7) is 4.19. The van der Waals surface area contributed by atoms with Gasteiger partial charge in [-0.25, -0.2) is 4.68 Å². The predicted octanol–water partition coefficient (Wildman–Crippen LogP) is 2.18. The normalized spacial score (nSPS) is 16.3. The van der Waals surface area contributed by atoms with Gasteiger partial charge in [0.05, 0.1) is 6.54 Å². The van der Waals surface area contributed by atoms with Crippen LogP contribution < -0.4 is 9.64 Å². The quantitative estimate of drug-likeness (QED) is 0.806. The largest absolute Gasteiger partial charge is 0.476 e. The summed E-state index contributed by atoms with van der Waals surface area (Å²) in [5.41, 5.74) is 3.97. The van der Waals surface area contributed by atoms with E-state index < -0.39 is 0 Å². The summed E-state index contributed by atoms with van der Waals surface area (Å²) in [5, 5.41) is 4.36. The van der Waals surface area contributed by atoms with Crippen molar-refractivity contribution in [3.63, 3.8) is 0 Å². The van der Waals surface area contributed by atoms with Crippen LogP contribution in [0, 0.1) is 6.92 Å². The minimum atomic E-state index is -0.0368. The Kier molecular flexibility index (Phi) is 2.74. The molecular formula is C16H17N3O2. The molecule has 0 aliphatic carbocycles. The second-order valence-electron chi connectivity index (χ2n) is 5.63. The van der Waals surface area contributed by atoms with Crippen molar-refractivity contribution < 1.29 is 9.53 Å². The molecule has 0 radical (unpaired) electrons. The molecule has 21 heavy (non-hydrogen) atoms. The number of carbonyl (C=O) groups is 1. The summed E-state index contributed by atoms with van der Waals surface area (Å²) in [6, 6.07) is 8.02. The highest BCUT2D eigenvalue weighted by molar-refractivity contribution is 6.05. The van der Waals surface area contributed by atoms with E-state index in [0.29, 0.717) is 18.2 Å². The molecule has 2 aromatic rings. The van der Waals surface area contributed by atoms with Gasteiger partial charge in [0.2, 0.25) is 5.88 Å². The summed E-state index contributed by atoms with van der Waals surface area (Å²) in [7, 11) is 0. The van der Waals surface area contributed by atoms with Crippen LogP contribution in [0.2, 0.25) is 0 Å². The fourth-order valence-corrected chi connectivity index (χ4v) is 3.09. The van der Waals surface area contributed by atoms with Crippen molar-refractivity contribution >= 4 is 11.6 Å². The molecule has 2 aliphatic rings. The van der Waals surface area contributed by atoms with Crippen LogP contribution in [0.15, 0.2) is 24.3 Å². The second kappa shape index (κ2) is 4.62. The van der Waals surface area contributed by atoms with E-state index in [9.17, 15) is 4.79 Å². The Labute approximate surface area is 123 Å². The number of rotatable bonds is 1. The number of hydrogen-bond acceptors (Lipinski definition) is 3. The number of carbonyl (C=O) groups excluding carboxylic acids is 1. The first kappa shape index (κ1) is 12.4. The van der Waals surface area contributed by atoms with Crippen LogP contribution in [-0.4, -0.2) is 28.8 Å². The summed E-state index contributed by atoms with van der Waals surface area (Å²) in [6.07, 6.45) is 2.02. The highest BCUT2D eigenvalue weighted by Gasteiger charge is 2.27. The van der Waals surface area contributed by atoms with Gasteiger partial charge in [0, 0.05) is 18.3 Å². The van der Waals surface area contributed by atoms with E-state index in [1.807, 2.05) is 11.0 Å². The van der Waals surface area contributed by atoms with Crippen LogP contribution in [0.1, 0.15) is 28.0 Å². The van der Waals surface area contributed by atoms with E-state index in [4.69, 9.17) is 4.74 Å². The summed E-state index contributed by atoms with van der Waals surface area (Å²) >= 11 is 0. The van der Waals surface area contributed by atoms with Gasteiger partial charge in [0.15, 0.2) is 5.69 Å². The zero-order chi connectivity index (χ0) is 14.4. The molecule has 4 rings (SSSR count). The first-order chi connectivity index (χ1) is 10.2. The summed E-state index contributed by atoms with van der Waals surface area (Å²) in [5.74, 6) is 0.657. The standard InChI is InChI=1S/C16H17N3O2/c1-11-4-5-14-12(9-11)3-2-6-18(14)16(20)13-10-15-19(17-13)7-8-21-15/h4-5,9-10H,2-3,6-8H2,1H3. The SMILES string of the molecule is Cc1ccc2c(c1)CCCN2C(=O)c1cc2n(n1)CCO2. The third-order valence-electron chi connectivity index (χ3n) is 4.11. The van der Waals surface area contributed by atoms with Crippen molar-refractivity contribution in [2.45, 2.75) is 26.3 Å². The van der Waals surface area contributed by atoms with Gasteiger partial charge < -0.3 is 9.64 Å². The number of anilines is 1. The maximum Gasteiger partial charge on any atom is 0.278 e. The van der Waals surface area contributed by atoms with Gasteiger partial charge in [-0.05, 0) is 31.4 Å². The minimum Gasteiger partial charge on any atom is -0.476 e. The molecule has 2 aliphatic heterocycles. The van der Waals surface area contributed by atoms with Crippen LogP contribution in [-0.2, 0) is 13.0 Å². The van der Waals surface area contributed by atoms with E-state index >= 15 is 0 Å². The molecule has 0 N–H and O–H groups in total. The van der Waals surface area contributed by atoms with Crippen LogP contribution >= 0.6 is 0 Å². The number of nitrogens with zero attached hydrogens (tertiary/aromatic N) is 3. The smallest absolute Gasteiger partial charge is 0.278 e. The summed E-state index contributed by atoms with van der Waals surface area (Å²) in [4.78, 5) is 14.6. The fraction of sp³-hybridized carbons (Fsp3) is 0.375. The van der Waals surface area contributed by atoms with Crippen molar-refractivity contribution in [1.29, 1.82) is 0 Å². The Balaban J connectivity index is 1.69. The molecule has 0 saturated carbocycles. The number of fused-ring (bicyclic) bond motifs is 2. The van der Waals surface area contributed by atoms with Crippen molar-refractivity contribution in [3.05, 3.63) is 41.1 Å². The Bertz CT molecular complexity index is 699. The fourth-order valence-electron chi connectivity index (χ4n) is 3.09. The Morgan fingerprint density at radius 2 is 2.19 bits per heavy atom. The van der Waals surface area contributed by atoms with Gasteiger partial charge in [-0.3, -0.25) is 4.79 Å². The molecule has 0 bridgehead atoms. The maximum atomic E-state index is 12.7. The number of amides is 1. The molecule has 0 atom stereocenters. The molecule has 0 spiro atoms. The first-order valence-electron chi connectivity index (χ1n) is 7.34. The zero-order valence-corrected chi connectivity index (χ0v) is 12.0. The Hall–Kier alpha value is -2.30. The van der Waals surface area contributed by atoms with E-state index in [2.05, 4.69) is 24.2 Å². The number of aryl methyl sites for hydroxylation is 2. The molecule has 108 valence electrons. The molecule has 1 amide bonds. The molecule has 3 heterocycles. The number of ether oxygens (including phenoxy) is 1. The average molecular weight is 283 g/mol. The van der Waals surface area contributed by atoms with E-state index in [-0.39, 0.29) is 5.91 Å². The van der Waals surface area contributed by atoms with Gasteiger partial charge in [-0.1, -0.05) is 17.7 Å². The van der Waals surface area contributed by atoms with Gasteiger partial charge in [0.1, 0.15) is 6.61 Å². The van der Waals surface area contributed by atoms with E-state index in [1.54, 1.807) is 10.7 Å². The van der Waals surface area contributed by atoms with Gasteiger partial charge in [-0.2, -0.15) is 5.10 Å². The van der Waals surface area contributed by atoms with Crippen LogP contribution in [0.3, 0.4) is 0 Å². The van der Waals surface area contributed by atoms with Crippen LogP contribution in [0.25, 0.3) is 0 Å². The van der Waals surface area contributed by atoms with Crippen LogP contribution in [0.4, 0.5) is 5.69 Å². The number of aromatic nitrogens is 2. The predicted molar refractivity (Wildman–Crippen MR) is 78.9 cm³/mol. The van der Waals surface area contributed by atoms with Crippen LogP contribution in [0.5, 0.6) is 5.88 Å². The highest BCUT2D eigenvalue weighted by Crippen LogP contribution is 2.30. The minimum absolute atomic E-state index is 0.0368. The molecule has 1 aromatic carbocycles. The lowest BCUT2D eigenvalue weighted by Crippen LogP contribution is -2.35. The number of benzene rings is 1. The Morgan fingerprint density at radius 3 is 3.05 bits per heavy atom. The topological polar surface area (TPSA) is 47.4 Å². The molecule has 0 fully saturated rings. The molecule has 0 saturated heterocycles. The maximum absolute atomic E-state index is 12.7. The lowest BCUT2D eigenvalue weighted by Gasteiger charge is -2.29. The first-order valence-corrected chi connectivity index (χ1v) is 7.34. The zero-order valence-electron chi connectivity index (χ0n) is 12.0. The number of hydrogen-bond donors (Lipinski definition) is 0. The molecule has 5 nitrogen and oxygen atoms in total. The van der Waals surface area contributed by atoms with Crippen molar-refractivity contribution in [1.82, 2.24) is 9.78 Å². The van der Waals surface area contributed by atoms with Crippen molar-refractivity contribution in [3.8, 4) is 5.88 Å². The molecule has 1 aromatic heterocycles. The lowest BCUT2D eigenvalue weighted by atomic mass is 9.99. The van der Waals surface area contributed by atoms with Crippen molar-refractivity contribution in [2.24, 2.45) is 0 Å². The van der Waals surface area contributed by atoms with Crippen molar-refractivity contribution in [2.75, 3.05) is 18.1 Å². The van der Waals surface area contributed by atoms with Gasteiger partial charge in [-0.15, -0.1) is 0 Å². The lowest BCUT2D eigenvalue weighted by molar-refractivity contribution is 0.0979. The third kappa shape index (κ3) is 2.00. The average Bonchev–Trinajstić information content (AvgIpc) is 3.06. The monoisotopic (exact) mass is 283 g/mol. The van der Waals surface area contributed by atoms with E-state index in [1.165, 1.54) is 11.1 Å². The second-order valence-corrected chi connectivity index (χ2v) is 5.63. The van der Waals surface area contributed by atoms with Gasteiger partial charge in [0.25, 0.3) is 5.91 Å². The highest BCUT2D eigenvalue weighted by atomic mass is 16.5. The Morgan fingerprint density at radius 1 is 1.29 bits per heavy atom. The van der Waals surface area contributed by atoms with E-state index in [0.717, 1.165) is 31.6 Å². The summed E-state index contributed by atoms with van der Waals surface area (Å²) < 4.78 is 7.19. The van der Waals surface area contributed by atoms with Gasteiger partial charge >= 0.3 is 0 Å².